The van der Waals surface area contributed by atoms with Gasteiger partial charge in [-0.15, -0.1) is 0 Å². The van der Waals surface area contributed by atoms with Crippen molar-refractivity contribution < 1.29 is 4.79 Å². The Morgan fingerprint density at radius 3 is 2.67 bits per heavy atom. The van der Waals surface area contributed by atoms with Gasteiger partial charge in [-0.2, -0.15) is 0 Å². The molecule has 18 heavy (non-hydrogen) atoms. The van der Waals surface area contributed by atoms with Crippen LogP contribution in [0.15, 0.2) is 51.4 Å². The van der Waals surface area contributed by atoms with Crippen LogP contribution in [0.1, 0.15) is 0 Å². The van der Waals surface area contributed by atoms with E-state index in [9.17, 15) is 4.79 Å². The van der Waals surface area contributed by atoms with E-state index in [1.165, 1.54) is 6.21 Å². The molecule has 2 aromatic rings. The second-order valence-corrected chi connectivity index (χ2v) is 4.16. The first-order valence-corrected chi connectivity index (χ1v) is 5.61. The van der Waals surface area contributed by atoms with Crippen molar-refractivity contribution in [1.29, 1.82) is 0 Å². The summed E-state index contributed by atoms with van der Waals surface area (Å²) in [5.41, 5.74) is 3.69. The van der Waals surface area contributed by atoms with E-state index in [1.807, 2.05) is 30.3 Å². The molecule has 0 aliphatic carbocycles. The Balaban J connectivity index is 2.17. The van der Waals surface area contributed by atoms with Crippen molar-refractivity contribution in [1.82, 2.24) is 0 Å². The summed E-state index contributed by atoms with van der Waals surface area (Å²) in [5, 5.41) is 1.50. The van der Waals surface area contributed by atoms with Gasteiger partial charge in [-0.1, -0.05) is 18.2 Å². The molecule has 84 valence electrons. The normalized spacial score (nSPS) is 14.3. The van der Waals surface area contributed by atoms with Crippen molar-refractivity contribution in [2.75, 3.05) is 0 Å². The van der Waals surface area contributed by atoms with Crippen LogP contribution in [-0.2, 0) is 4.79 Å². The Hall–Kier alpha value is -2.62. The van der Waals surface area contributed by atoms with E-state index in [4.69, 9.17) is 0 Å². The second-order valence-electron chi connectivity index (χ2n) is 4.16. The number of nitrogens with zero attached hydrogens (tertiary/aromatic N) is 3. The van der Waals surface area contributed by atoms with Crippen molar-refractivity contribution in [3.8, 4) is 11.1 Å². The quantitative estimate of drug-likeness (QED) is 0.580. The van der Waals surface area contributed by atoms with Gasteiger partial charge in [-0.05, 0) is 18.2 Å². The van der Waals surface area contributed by atoms with Crippen LogP contribution in [0.3, 0.4) is 0 Å². The first-order valence-electron chi connectivity index (χ1n) is 5.61. The fourth-order valence-corrected chi connectivity index (χ4v) is 2.33. The number of fused-ring (bicyclic) bond motifs is 5. The van der Waals surface area contributed by atoms with Gasteiger partial charge < -0.3 is 0 Å². The molecule has 0 unspecified atom stereocenters. The molecule has 0 N–H and O–H groups in total. The predicted octanol–water partition coefficient (Wildman–Crippen LogP) is 1.48. The highest BCUT2D eigenvalue weighted by Gasteiger charge is 2.19. The molecular weight excluding hydrogens is 226 g/mol. The van der Waals surface area contributed by atoms with Crippen LogP contribution < -0.4 is 10.7 Å². The Morgan fingerprint density at radius 1 is 0.889 bits per heavy atom. The zero-order valence-corrected chi connectivity index (χ0v) is 9.29. The molecule has 0 saturated carbocycles. The van der Waals surface area contributed by atoms with Gasteiger partial charge in [0.2, 0.25) is 0 Å². The molecular formula is C14H7N3O. The van der Waals surface area contributed by atoms with E-state index in [-0.39, 0.29) is 5.91 Å². The Labute approximate surface area is 102 Å². The minimum atomic E-state index is -0.314. The third kappa shape index (κ3) is 1.14. The summed E-state index contributed by atoms with van der Waals surface area (Å²) in [6.07, 6.45) is 1.25. The Bertz CT molecular complexity index is 850. The summed E-state index contributed by atoms with van der Waals surface area (Å²) < 4.78 is 0. The topological polar surface area (TPSA) is 54.1 Å². The zero-order valence-electron chi connectivity index (χ0n) is 9.29. The van der Waals surface area contributed by atoms with Crippen molar-refractivity contribution in [2.24, 2.45) is 15.0 Å². The second kappa shape index (κ2) is 3.20. The van der Waals surface area contributed by atoms with Gasteiger partial charge in [0.15, 0.2) is 0 Å². The molecule has 4 nitrogen and oxygen atoms in total. The molecule has 0 saturated heterocycles. The maximum atomic E-state index is 11.2. The smallest absolute Gasteiger partial charge is 0.266 e. The lowest BCUT2D eigenvalue weighted by molar-refractivity contribution is -0.111. The first-order chi connectivity index (χ1) is 8.83. The molecule has 1 amide bonds. The van der Waals surface area contributed by atoms with Crippen LogP contribution in [0.2, 0.25) is 0 Å². The first kappa shape index (κ1) is 9.41. The van der Waals surface area contributed by atoms with Gasteiger partial charge in [-0.3, -0.25) is 4.79 Å². The number of aliphatic imine (C=N–C) groups is 1. The number of amides is 1. The summed E-state index contributed by atoms with van der Waals surface area (Å²) in [7, 11) is 0. The summed E-state index contributed by atoms with van der Waals surface area (Å²) in [6.45, 7) is 0. The highest BCUT2D eigenvalue weighted by Crippen LogP contribution is 2.36. The van der Waals surface area contributed by atoms with Crippen molar-refractivity contribution >= 4 is 23.5 Å². The Kier molecular flexibility index (Phi) is 1.67. The average Bonchev–Trinajstić information content (AvgIpc) is 2.77. The molecule has 2 aliphatic heterocycles. The minimum Gasteiger partial charge on any atom is -0.266 e. The third-order valence-corrected chi connectivity index (χ3v) is 3.08. The molecule has 4 rings (SSSR count). The van der Waals surface area contributed by atoms with Gasteiger partial charge in [0.1, 0.15) is 0 Å². The maximum Gasteiger partial charge on any atom is 0.288 e. The average molecular weight is 233 g/mol. The molecule has 0 spiro atoms. The number of carbonyl (C=O) groups excluding carboxylic acids is 1. The number of carbonyl (C=O) groups is 1. The van der Waals surface area contributed by atoms with E-state index in [1.54, 1.807) is 6.07 Å². The largest absolute Gasteiger partial charge is 0.288 e. The standard InChI is InChI=1S/C14H7N3O/c18-12-7-15-14-11(17-12)6-5-10-13(14)8-3-1-2-4-9(8)16-10/h1-7H. The summed E-state index contributed by atoms with van der Waals surface area (Å²) in [5.74, 6) is -0.314. The van der Waals surface area contributed by atoms with Crippen LogP contribution in [0.5, 0.6) is 0 Å². The van der Waals surface area contributed by atoms with Crippen LogP contribution >= 0.6 is 0 Å². The monoisotopic (exact) mass is 233 g/mol. The van der Waals surface area contributed by atoms with E-state index < -0.39 is 0 Å². The molecule has 0 radical (unpaired) electrons. The lowest BCUT2D eigenvalue weighted by Crippen LogP contribution is -2.17. The van der Waals surface area contributed by atoms with Gasteiger partial charge in [0.25, 0.3) is 5.91 Å². The number of benzene rings is 2. The Morgan fingerprint density at radius 2 is 1.72 bits per heavy atom. The lowest BCUT2D eigenvalue weighted by atomic mass is 10.0. The van der Waals surface area contributed by atoms with Gasteiger partial charge in [0.05, 0.1) is 28.3 Å². The van der Waals surface area contributed by atoms with Crippen molar-refractivity contribution in [3.63, 3.8) is 0 Å². The van der Waals surface area contributed by atoms with Gasteiger partial charge in [0, 0.05) is 11.1 Å². The van der Waals surface area contributed by atoms with Gasteiger partial charge in [-0.25, -0.2) is 15.0 Å². The molecule has 0 fully saturated rings. The number of hydrogen-bond donors (Lipinski definition) is 0. The summed E-state index contributed by atoms with van der Waals surface area (Å²) in [6, 6.07) is 11.6. The van der Waals surface area contributed by atoms with Gasteiger partial charge >= 0.3 is 0 Å². The predicted molar refractivity (Wildman–Crippen MR) is 67.0 cm³/mol. The molecule has 0 bridgehead atoms. The number of hydrogen-bond acceptors (Lipinski definition) is 3. The summed E-state index contributed by atoms with van der Waals surface area (Å²) >= 11 is 0. The fraction of sp³-hybridized carbons (Fsp3) is 0. The summed E-state index contributed by atoms with van der Waals surface area (Å²) in [4.78, 5) is 24.0. The lowest BCUT2D eigenvalue weighted by Gasteiger charge is -2.05. The molecule has 2 aromatic carbocycles. The van der Waals surface area contributed by atoms with E-state index in [0.29, 0.717) is 5.36 Å². The van der Waals surface area contributed by atoms with Crippen LogP contribution in [0, 0.1) is 0 Å². The number of rotatable bonds is 0. The third-order valence-electron chi connectivity index (χ3n) is 3.08. The molecule has 2 heterocycles. The van der Waals surface area contributed by atoms with Crippen LogP contribution in [-0.4, -0.2) is 12.1 Å². The molecule has 0 atom stereocenters. The molecule has 4 heteroatoms. The number of para-hydroxylation sites is 1. The van der Waals surface area contributed by atoms with E-state index in [2.05, 4.69) is 15.0 Å². The molecule has 0 aromatic heterocycles. The maximum absolute atomic E-state index is 11.2. The van der Waals surface area contributed by atoms with Crippen LogP contribution in [0.4, 0.5) is 11.4 Å². The zero-order chi connectivity index (χ0) is 12.1. The highest BCUT2D eigenvalue weighted by molar-refractivity contribution is 6.28. The van der Waals surface area contributed by atoms with Crippen LogP contribution in [0.25, 0.3) is 11.1 Å². The molecule has 2 aliphatic rings. The minimum absolute atomic E-state index is 0.314. The van der Waals surface area contributed by atoms with Crippen molar-refractivity contribution in [2.45, 2.75) is 0 Å². The van der Waals surface area contributed by atoms with E-state index in [0.717, 1.165) is 27.9 Å². The fourth-order valence-electron chi connectivity index (χ4n) is 2.33. The van der Waals surface area contributed by atoms with E-state index >= 15 is 0 Å². The SMILES string of the molecule is O=C1C=Nc2c3c(ccc2=N1)=Nc1ccccc1-3. The highest BCUT2D eigenvalue weighted by atomic mass is 16.1. The van der Waals surface area contributed by atoms with Crippen molar-refractivity contribution in [3.05, 3.63) is 47.1 Å².